The molecule has 0 aromatic heterocycles. The Hall–Kier alpha value is -0.790. The van der Waals surface area contributed by atoms with Crippen molar-refractivity contribution in [2.24, 2.45) is 0 Å². The van der Waals surface area contributed by atoms with Gasteiger partial charge in [-0.15, -0.1) is 0 Å². The van der Waals surface area contributed by atoms with E-state index in [4.69, 9.17) is 0 Å². The zero-order valence-corrected chi connectivity index (χ0v) is 10.0. The van der Waals surface area contributed by atoms with E-state index >= 15 is 0 Å². The van der Waals surface area contributed by atoms with Gasteiger partial charge in [-0.2, -0.15) is 25.8 Å². The van der Waals surface area contributed by atoms with Gasteiger partial charge in [0.05, 0.1) is 11.7 Å². The lowest BCUT2D eigenvalue weighted by Gasteiger charge is -2.19. The van der Waals surface area contributed by atoms with E-state index < -0.39 is 35.3 Å². The minimum Gasteiger partial charge on any atom is -0.390 e. The second kappa shape index (κ2) is 5.90. The number of aliphatic hydroxyl groups is 2. The molecule has 0 heterocycles. The molecule has 0 saturated heterocycles. The molecule has 18 heavy (non-hydrogen) atoms. The molecule has 0 saturated carbocycles. The van der Waals surface area contributed by atoms with Crippen LogP contribution in [0.25, 0.3) is 0 Å². The van der Waals surface area contributed by atoms with Crippen molar-refractivity contribution >= 4 is 12.6 Å². The summed E-state index contributed by atoms with van der Waals surface area (Å²) in [5.74, 6) is -1.34. The van der Waals surface area contributed by atoms with E-state index in [1.54, 1.807) is 0 Å². The maximum Gasteiger partial charge on any atom is 0.419 e. The summed E-state index contributed by atoms with van der Waals surface area (Å²) in [4.78, 5) is 0. The van der Waals surface area contributed by atoms with Gasteiger partial charge in [0, 0.05) is 5.56 Å². The van der Waals surface area contributed by atoms with Crippen molar-refractivity contribution < 1.29 is 27.8 Å². The number of aliphatic hydroxyl groups excluding tert-OH is 2. The van der Waals surface area contributed by atoms with Gasteiger partial charge in [-0.3, -0.25) is 0 Å². The standard InChI is InChI=1S/C11H12F4O2S/c12-9-6(10(17)8(16)4-5-18)2-1-3-7(9)11(13,14)15/h1-3,8,10,16-18H,4-5H2. The Bertz CT molecular complexity index is 409. The number of thiol groups is 1. The van der Waals surface area contributed by atoms with Gasteiger partial charge in [-0.25, -0.2) is 4.39 Å². The zero-order valence-electron chi connectivity index (χ0n) is 9.15. The SMILES string of the molecule is OC(CCS)C(O)c1cccc(C(F)(F)F)c1F. The lowest BCUT2D eigenvalue weighted by molar-refractivity contribution is -0.140. The number of halogens is 4. The van der Waals surface area contributed by atoms with Crippen LogP contribution < -0.4 is 0 Å². The molecular weight excluding hydrogens is 272 g/mol. The van der Waals surface area contributed by atoms with E-state index in [-0.39, 0.29) is 12.2 Å². The van der Waals surface area contributed by atoms with Crippen molar-refractivity contribution in [3.63, 3.8) is 0 Å². The Kier molecular flexibility index (Phi) is 5.01. The maximum absolute atomic E-state index is 13.6. The van der Waals surface area contributed by atoms with Crippen LogP contribution in [0.5, 0.6) is 0 Å². The Morgan fingerprint density at radius 1 is 1.22 bits per heavy atom. The van der Waals surface area contributed by atoms with Gasteiger partial charge in [0.15, 0.2) is 0 Å². The minimum absolute atomic E-state index is 0.0416. The van der Waals surface area contributed by atoms with Gasteiger partial charge < -0.3 is 10.2 Å². The highest BCUT2D eigenvalue weighted by Gasteiger charge is 2.36. The first-order valence-corrected chi connectivity index (χ1v) is 5.75. The molecule has 2 N–H and O–H groups in total. The molecule has 102 valence electrons. The predicted octanol–water partition coefficient (Wildman–Crippen LogP) is 2.56. The number of hydrogen-bond acceptors (Lipinski definition) is 3. The number of benzene rings is 1. The molecule has 1 rings (SSSR count). The van der Waals surface area contributed by atoms with Crippen LogP contribution in [-0.2, 0) is 6.18 Å². The van der Waals surface area contributed by atoms with Crippen LogP contribution in [-0.4, -0.2) is 22.1 Å². The summed E-state index contributed by atoms with van der Waals surface area (Å²) in [7, 11) is 0. The summed E-state index contributed by atoms with van der Waals surface area (Å²) in [6.07, 6.45) is -7.87. The Morgan fingerprint density at radius 3 is 2.33 bits per heavy atom. The van der Waals surface area contributed by atoms with E-state index in [2.05, 4.69) is 12.6 Å². The van der Waals surface area contributed by atoms with Crippen LogP contribution in [0.3, 0.4) is 0 Å². The lowest BCUT2D eigenvalue weighted by Crippen LogP contribution is -2.21. The first-order chi connectivity index (χ1) is 8.29. The third-order valence-electron chi connectivity index (χ3n) is 2.44. The molecule has 2 atom stereocenters. The molecule has 0 fully saturated rings. The van der Waals surface area contributed by atoms with Gasteiger partial charge in [0.1, 0.15) is 11.9 Å². The number of alkyl halides is 3. The van der Waals surface area contributed by atoms with Gasteiger partial charge in [0.2, 0.25) is 0 Å². The van der Waals surface area contributed by atoms with Crippen molar-refractivity contribution in [2.45, 2.75) is 24.8 Å². The molecule has 2 nitrogen and oxygen atoms in total. The highest BCUT2D eigenvalue weighted by Crippen LogP contribution is 2.34. The topological polar surface area (TPSA) is 40.5 Å². The fourth-order valence-electron chi connectivity index (χ4n) is 1.49. The zero-order chi connectivity index (χ0) is 13.9. The Balaban J connectivity index is 3.11. The predicted molar refractivity (Wildman–Crippen MR) is 60.8 cm³/mol. The molecule has 0 aliphatic rings. The van der Waals surface area contributed by atoms with Crippen LogP contribution in [0.15, 0.2) is 18.2 Å². The Morgan fingerprint density at radius 2 is 1.83 bits per heavy atom. The van der Waals surface area contributed by atoms with E-state index in [1.165, 1.54) is 0 Å². The van der Waals surface area contributed by atoms with Crippen LogP contribution in [0.1, 0.15) is 23.7 Å². The van der Waals surface area contributed by atoms with E-state index in [0.29, 0.717) is 6.07 Å². The highest BCUT2D eigenvalue weighted by atomic mass is 32.1. The molecule has 0 radical (unpaired) electrons. The molecule has 0 aliphatic heterocycles. The Labute approximate surface area is 107 Å². The van der Waals surface area contributed by atoms with Gasteiger partial charge in [0.25, 0.3) is 0 Å². The van der Waals surface area contributed by atoms with Crippen molar-refractivity contribution in [3.8, 4) is 0 Å². The summed E-state index contributed by atoms with van der Waals surface area (Å²) in [5.41, 5.74) is -2.03. The highest BCUT2D eigenvalue weighted by molar-refractivity contribution is 7.80. The monoisotopic (exact) mass is 284 g/mol. The fraction of sp³-hybridized carbons (Fsp3) is 0.455. The van der Waals surface area contributed by atoms with E-state index in [0.717, 1.165) is 12.1 Å². The molecule has 0 bridgehead atoms. The third-order valence-corrected chi connectivity index (χ3v) is 2.70. The fourth-order valence-corrected chi connectivity index (χ4v) is 1.76. The van der Waals surface area contributed by atoms with Crippen molar-refractivity contribution in [1.82, 2.24) is 0 Å². The average Bonchev–Trinajstić information content (AvgIpc) is 2.27. The summed E-state index contributed by atoms with van der Waals surface area (Å²) in [6.45, 7) is 0. The van der Waals surface area contributed by atoms with Gasteiger partial charge >= 0.3 is 6.18 Å². The second-order valence-electron chi connectivity index (χ2n) is 3.73. The molecule has 1 aromatic carbocycles. The summed E-state index contributed by atoms with van der Waals surface area (Å²) >= 11 is 3.81. The first-order valence-electron chi connectivity index (χ1n) is 5.11. The molecule has 1 aromatic rings. The number of rotatable bonds is 4. The molecular formula is C11H12F4O2S. The molecule has 0 amide bonds. The van der Waals surface area contributed by atoms with Crippen molar-refractivity contribution in [3.05, 3.63) is 35.1 Å². The molecule has 0 aliphatic carbocycles. The maximum atomic E-state index is 13.6. The van der Waals surface area contributed by atoms with Crippen molar-refractivity contribution in [2.75, 3.05) is 5.75 Å². The first kappa shape index (κ1) is 15.3. The van der Waals surface area contributed by atoms with E-state index in [1.807, 2.05) is 0 Å². The van der Waals surface area contributed by atoms with Gasteiger partial charge in [-0.05, 0) is 18.2 Å². The van der Waals surface area contributed by atoms with E-state index in [9.17, 15) is 27.8 Å². The average molecular weight is 284 g/mol. The molecule has 2 unspecified atom stereocenters. The smallest absolute Gasteiger partial charge is 0.390 e. The largest absolute Gasteiger partial charge is 0.419 e. The molecule has 7 heteroatoms. The normalized spacial score (nSPS) is 15.5. The van der Waals surface area contributed by atoms with Crippen LogP contribution in [0.4, 0.5) is 17.6 Å². The van der Waals surface area contributed by atoms with Crippen LogP contribution >= 0.6 is 12.6 Å². The number of hydrogen-bond donors (Lipinski definition) is 3. The van der Waals surface area contributed by atoms with Crippen molar-refractivity contribution in [1.29, 1.82) is 0 Å². The molecule has 0 spiro atoms. The minimum atomic E-state index is -4.84. The van der Waals surface area contributed by atoms with Crippen LogP contribution in [0, 0.1) is 5.82 Å². The summed E-state index contributed by atoms with van der Waals surface area (Å²) in [6, 6.07) is 2.57. The third kappa shape index (κ3) is 3.37. The summed E-state index contributed by atoms with van der Waals surface area (Å²) < 4.78 is 50.9. The lowest BCUT2D eigenvalue weighted by atomic mass is 9.99. The van der Waals surface area contributed by atoms with Crippen LogP contribution in [0.2, 0.25) is 0 Å². The summed E-state index contributed by atoms with van der Waals surface area (Å²) in [5, 5.41) is 19.0. The van der Waals surface area contributed by atoms with Gasteiger partial charge in [-0.1, -0.05) is 12.1 Å². The second-order valence-corrected chi connectivity index (χ2v) is 4.18. The quantitative estimate of drug-likeness (QED) is 0.587.